The van der Waals surface area contributed by atoms with Gasteiger partial charge in [-0.05, 0) is 63.7 Å². The van der Waals surface area contributed by atoms with Crippen LogP contribution in [0.4, 0.5) is 0 Å². The Kier molecular flexibility index (Phi) is 13.0. The third kappa shape index (κ3) is 11.6. The zero-order valence-corrected chi connectivity index (χ0v) is 22.1. The van der Waals surface area contributed by atoms with E-state index in [0.717, 1.165) is 6.08 Å². The maximum absolute atomic E-state index is 13.1. The molecule has 0 bridgehead atoms. The van der Waals surface area contributed by atoms with E-state index in [-0.39, 0.29) is 42.1 Å². The number of esters is 3. The summed E-state index contributed by atoms with van der Waals surface area (Å²) < 4.78 is 16.6. The highest BCUT2D eigenvalue weighted by atomic mass is 16.6. The van der Waals surface area contributed by atoms with Crippen molar-refractivity contribution in [2.75, 3.05) is 0 Å². The van der Waals surface area contributed by atoms with Crippen LogP contribution in [-0.2, 0) is 38.2 Å². The van der Waals surface area contributed by atoms with Gasteiger partial charge >= 0.3 is 23.9 Å². The summed E-state index contributed by atoms with van der Waals surface area (Å²) in [5.41, 5.74) is 0.433. The first-order chi connectivity index (χ1) is 17.2. The van der Waals surface area contributed by atoms with Gasteiger partial charge in [-0.2, -0.15) is 0 Å². The summed E-state index contributed by atoms with van der Waals surface area (Å²) in [6.07, 6.45) is -0.583. The Morgan fingerprint density at radius 3 is 2.43 bits per heavy atom. The molecule has 1 aliphatic rings. The number of carboxylic acids is 1. The van der Waals surface area contributed by atoms with E-state index >= 15 is 0 Å². The van der Waals surface area contributed by atoms with E-state index in [0.29, 0.717) is 12.8 Å². The fourth-order valence-corrected chi connectivity index (χ4v) is 3.51. The van der Waals surface area contributed by atoms with Crippen LogP contribution in [0.1, 0.15) is 66.7 Å². The zero-order valence-electron chi connectivity index (χ0n) is 22.1. The molecule has 0 aromatic heterocycles. The summed E-state index contributed by atoms with van der Waals surface area (Å²) in [6, 6.07) is 0. The third-order valence-electron chi connectivity index (χ3n) is 5.74. The molecule has 0 aromatic carbocycles. The van der Waals surface area contributed by atoms with Crippen LogP contribution in [0.25, 0.3) is 0 Å². The molecule has 0 spiro atoms. The number of aliphatic hydroxyl groups excluding tert-OH is 1. The first-order valence-corrected chi connectivity index (χ1v) is 12.3. The van der Waals surface area contributed by atoms with Crippen molar-refractivity contribution < 1.29 is 48.4 Å². The topological polar surface area (TPSA) is 154 Å². The molecule has 5 unspecified atom stereocenters. The van der Waals surface area contributed by atoms with Gasteiger partial charge in [-0.15, -0.1) is 0 Å². The smallest absolute Gasteiger partial charge is 0.339 e. The minimum atomic E-state index is -1.56. The number of hydrogen-bond donors (Lipinski definition) is 2. The van der Waals surface area contributed by atoms with Crippen molar-refractivity contribution in [2.45, 2.75) is 91.1 Å². The number of rotatable bonds is 10. The Morgan fingerprint density at radius 2 is 1.86 bits per heavy atom. The lowest BCUT2D eigenvalue weighted by atomic mass is 9.98. The maximum atomic E-state index is 13.1. The van der Waals surface area contributed by atoms with Gasteiger partial charge in [0.1, 0.15) is 18.3 Å². The molecule has 0 saturated carbocycles. The molecule has 10 heteroatoms. The quantitative estimate of drug-likeness (QED) is 0.189. The first-order valence-electron chi connectivity index (χ1n) is 12.3. The molecule has 1 heterocycles. The number of allylic oxidation sites excluding steroid dienone is 1. The molecule has 0 fully saturated rings. The van der Waals surface area contributed by atoms with Crippen molar-refractivity contribution in [3.8, 4) is 0 Å². The molecule has 10 nitrogen and oxygen atoms in total. The standard InChI is InChI=1S/C27H38O10/c1-15(2)7-10-21-22(37-27(34)25(32)16(3)4)12-9-19(28)8-11-20(18(6)26(33)36-21)35-24(31)14-17(5)13-23(29)30/h8,11,13,15,18,20-22,25,32H,3,7,9-10,12,14H2,1-2,4-6H3,(H,29,30)/b11-8+,17-13-. The number of carboxylic acid groups (broad SMARTS) is 1. The Labute approximate surface area is 217 Å². The lowest BCUT2D eigenvalue weighted by Crippen LogP contribution is -2.40. The van der Waals surface area contributed by atoms with E-state index in [4.69, 9.17) is 19.3 Å². The molecule has 5 atom stereocenters. The SMILES string of the molecule is C=C(C)C(O)C(=O)OC1CCC(=O)/C=C/C(OC(=O)C/C(C)=C\C(=O)O)C(C)C(=O)OC1CCC(C)C. The van der Waals surface area contributed by atoms with Crippen molar-refractivity contribution >= 4 is 29.7 Å². The fraction of sp³-hybridized carbons (Fsp3) is 0.593. The highest BCUT2D eigenvalue weighted by molar-refractivity contribution is 5.90. The number of cyclic esters (lactones) is 1. The van der Waals surface area contributed by atoms with E-state index in [1.165, 1.54) is 32.9 Å². The average Bonchev–Trinajstić information content (AvgIpc) is 2.80. The molecule has 2 N–H and O–H groups in total. The number of carbonyl (C=O) groups excluding carboxylic acids is 4. The Bertz CT molecular complexity index is 929. The summed E-state index contributed by atoms with van der Waals surface area (Å²) in [4.78, 5) is 61.3. The van der Waals surface area contributed by atoms with Crippen LogP contribution in [0.3, 0.4) is 0 Å². The van der Waals surface area contributed by atoms with E-state index in [2.05, 4.69) is 6.58 Å². The van der Waals surface area contributed by atoms with Crippen LogP contribution < -0.4 is 0 Å². The number of carbonyl (C=O) groups is 5. The van der Waals surface area contributed by atoms with Gasteiger partial charge in [-0.3, -0.25) is 14.4 Å². The molecule has 0 aliphatic carbocycles. The predicted molar refractivity (Wildman–Crippen MR) is 133 cm³/mol. The lowest BCUT2D eigenvalue weighted by molar-refractivity contribution is -0.178. The van der Waals surface area contributed by atoms with Gasteiger partial charge in [0.2, 0.25) is 0 Å². The monoisotopic (exact) mass is 522 g/mol. The molecular formula is C27H38O10. The second-order valence-corrected chi connectivity index (χ2v) is 9.78. The Hall–Kier alpha value is -3.27. The van der Waals surface area contributed by atoms with Crippen molar-refractivity contribution in [3.63, 3.8) is 0 Å². The molecule has 0 aromatic rings. The summed E-state index contributed by atoms with van der Waals surface area (Å²) in [5.74, 6) is -4.80. The molecule has 0 radical (unpaired) electrons. The highest BCUT2D eigenvalue weighted by Gasteiger charge is 2.35. The minimum absolute atomic E-state index is 0.0475. The van der Waals surface area contributed by atoms with Gasteiger partial charge in [0.25, 0.3) is 0 Å². The van der Waals surface area contributed by atoms with Gasteiger partial charge in [0.15, 0.2) is 11.9 Å². The number of ether oxygens (including phenoxy) is 3. The molecule has 0 saturated heterocycles. The summed E-state index contributed by atoms with van der Waals surface area (Å²) in [6.45, 7) is 11.9. The van der Waals surface area contributed by atoms with Crippen molar-refractivity contribution in [2.24, 2.45) is 11.8 Å². The van der Waals surface area contributed by atoms with Crippen LogP contribution in [0.15, 0.2) is 36.0 Å². The molecule has 0 amide bonds. The summed E-state index contributed by atoms with van der Waals surface area (Å²) in [7, 11) is 0. The van der Waals surface area contributed by atoms with Gasteiger partial charge in [-0.1, -0.05) is 26.0 Å². The fourth-order valence-electron chi connectivity index (χ4n) is 3.51. The number of aliphatic carboxylic acids is 1. The van der Waals surface area contributed by atoms with Crippen molar-refractivity contribution in [1.29, 1.82) is 0 Å². The first kappa shape index (κ1) is 31.8. The van der Waals surface area contributed by atoms with Gasteiger partial charge in [0, 0.05) is 12.5 Å². The normalized spacial score (nSPS) is 24.9. The van der Waals surface area contributed by atoms with Crippen molar-refractivity contribution in [3.05, 3.63) is 36.0 Å². The van der Waals surface area contributed by atoms with Gasteiger partial charge in [0.05, 0.1) is 12.3 Å². The van der Waals surface area contributed by atoms with Crippen LogP contribution >= 0.6 is 0 Å². The molecular weight excluding hydrogens is 484 g/mol. The predicted octanol–water partition coefficient (Wildman–Crippen LogP) is 3.07. The third-order valence-corrected chi connectivity index (χ3v) is 5.74. The van der Waals surface area contributed by atoms with E-state index in [9.17, 15) is 29.1 Å². The van der Waals surface area contributed by atoms with Crippen LogP contribution in [0.5, 0.6) is 0 Å². The number of aliphatic hydroxyl groups is 1. The lowest BCUT2D eigenvalue weighted by Gasteiger charge is -2.29. The molecule has 37 heavy (non-hydrogen) atoms. The maximum Gasteiger partial charge on any atom is 0.339 e. The van der Waals surface area contributed by atoms with Crippen LogP contribution in [-0.4, -0.2) is 64.3 Å². The average molecular weight is 523 g/mol. The summed E-state index contributed by atoms with van der Waals surface area (Å²) >= 11 is 0. The largest absolute Gasteiger partial charge is 0.478 e. The molecule has 1 rings (SSSR count). The highest BCUT2D eigenvalue weighted by Crippen LogP contribution is 2.24. The van der Waals surface area contributed by atoms with E-state index in [1.807, 2.05) is 13.8 Å². The minimum Gasteiger partial charge on any atom is -0.478 e. The van der Waals surface area contributed by atoms with E-state index < -0.39 is 54.2 Å². The van der Waals surface area contributed by atoms with Crippen LogP contribution in [0, 0.1) is 11.8 Å². The second kappa shape index (κ2) is 15.1. The number of ketones is 1. The van der Waals surface area contributed by atoms with E-state index in [1.54, 1.807) is 0 Å². The van der Waals surface area contributed by atoms with Gasteiger partial charge < -0.3 is 24.4 Å². The number of hydrogen-bond acceptors (Lipinski definition) is 9. The van der Waals surface area contributed by atoms with Crippen molar-refractivity contribution in [1.82, 2.24) is 0 Å². The Balaban J connectivity index is 3.20. The summed E-state index contributed by atoms with van der Waals surface area (Å²) in [5, 5.41) is 18.9. The molecule has 1 aliphatic heterocycles. The van der Waals surface area contributed by atoms with Crippen LogP contribution in [0.2, 0.25) is 0 Å². The van der Waals surface area contributed by atoms with Gasteiger partial charge in [-0.25, -0.2) is 9.59 Å². The zero-order chi connectivity index (χ0) is 28.3. The second-order valence-electron chi connectivity index (χ2n) is 9.78. The molecule has 206 valence electrons. The Morgan fingerprint density at radius 1 is 1.22 bits per heavy atom.